The predicted octanol–water partition coefficient (Wildman–Crippen LogP) is 2.52. The Labute approximate surface area is 139 Å². The van der Waals surface area contributed by atoms with Crippen molar-refractivity contribution < 1.29 is 14.6 Å². The van der Waals surface area contributed by atoms with Crippen LogP contribution in [0.1, 0.15) is 18.5 Å². The summed E-state index contributed by atoms with van der Waals surface area (Å²) in [6, 6.07) is 12.8. The van der Waals surface area contributed by atoms with Crippen LogP contribution >= 0.6 is 0 Å². The van der Waals surface area contributed by atoms with Crippen molar-refractivity contribution in [3.63, 3.8) is 0 Å². The number of aromatic hydroxyl groups is 1. The van der Waals surface area contributed by atoms with Crippen LogP contribution in [0, 0.1) is 0 Å². The quantitative estimate of drug-likeness (QED) is 0.655. The smallest absolute Gasteiger partial charge is 0.220 e. The molecule has 0 saturated heterocycles. The van der Waals surface area contributed by atoms with E-state index in [1.54, 1.807) is 28.9 Å². The van der Waals surface area contributed by atoms with Gasteiger partial charge < -0.3 is 19.6 Å². The van der Waals surface area contributed by atoms with Crippen molar-refractivity contribution in [1.29, 1.82) is 0 Å². The molecule has 0 aliphatic rings. The van der Waals surface area contributed by atoms with Gasteiger partial charge in [0.05, 0.1) is 18.8 Å². The SMILES string of the molecule is O=C(CCCOc1ccccc1)NCc1cn2cccc(O)c2n1. The van der Waals surface area contributed by atoms with Crippen LogP contribution in [-0.4, -0.2) is 27.0 Å². The molecule has 6 heteroatoms. The molecule has 0 unspecified atom stereocenters. The zero-order valence-electron chi connectivity index (χ0n) is 13.2. The van der Waals surface area contributed by atoms with Crippen LogP contribution in [0.15, 0.2) is 54.9 Å². The Morgan fingerprint density at radius 3 is 2.83 bits per heavy atom. The summed E-state index contributed by atoms with van der Waals surface area (Å²) in [6.07, 6.45) is 4.63. The van der Waals surface area contributed by atoms with Gasteiger partial charge in [0.2, 0.25) is 5.91 Å². The van der Waals surface area contributed by atoms with E-state index in [4.69, 9.17) is 4.74 Å². The molecule has 3 aromatic rings. The highest BCUT2D eigenvalue weighted by molar-refractivity contribution is 5.75. The fourth-order valence-corrected chi connectivity index (χ4v) is 2.35. The molecular formula is C18H19N3O3. The number of amides is 1. The maximum absolute atomic E-state index is 11.9. The number of para-hydroxylation sites is 1. The van der Waals surface area contributed by atoms with E-state index in [1.807, 2.05) is 30.3 Å². The van der Waals surface area contributed by atoms with Gasteiger partial charge in [0, 0.05) is 18.8 Å². The monoisotopic (exact) mass is 325 g/mol. The van der Waals surface area contributed by atoms with Gasteiger partial charge in [0.15, 0.2) is 11.4 Å². The highest BCUT2D eigenvalue weighted by Crippen LogP contribution is 2.16. The summed E-state index contributed by atoms with van der Waals surface area (Å²) < 4.78 is 7.28. The minimum Gasteiger partial charge on any atom is -0.504 e. The minimum atomic E-state index is -0.0482. The lowest BCUT2D eigenvalue weighted by atomic mass is 10.3. The number of carbonyl (C=O) groups is 1. The number of carbonyl (C=O) groups excluding carboxylic acids is 1. The summed E-state index contributed by atoms with van der Waals surface area (Å²) in [5, 5.41) is 12.5. The molecule has 0 saturated carbocycles. The molecule has 2 heterocycles. The molecule has 0 aliphatic carbocycles. The summed E-state index contributed by atoms with van der Waals surface area (Å²) in [6.45, 7) is 0.833. The average Bonchev–Trinajstić information content (AvgIpc) is 3.02. The van der Waals surface area contributed by atoms with Crippen molar-refractivity contribution in [1.82, 2.24) is 14.7 Å². The molecule has 1 aromatic carbocycles. The van der Waals surface area contributed by atoms with Crippen LogP contribution in [0.5, 0.6) is 11.5 Å². The minimum absolute atomic E-state index is 0.0482. The number of nitrogens with one attached hydrogen (secondary N) is 1. The molecule has 24 heavy (non-hydrogen) atoms. The molecule has 0 atom stereocenters. The van der Waals surface area contributed by atoms with Crippen molar-refractivity contribution in [2.24, 2.45) is 0 Å². The number of nitrogens with zero attached hydrogens (tertiary/aromatic N) is 2. The zero-order valence-corrected chi connectivity index (χ0v) is 13.2. The van der Waals surface area contributed by atoms with Crippen molar-refractivity contribution in [2.75, 3.05) is 6.61 Å². The molecule has 0 aliphatic heterocycles. The number of benzene rings is 1. The van der Waals surface area contributed by atoms with Crippen LogP contribution < -0.4 is 10.1 Å². The number of pyridine rings is 1. The molecular weight excluding hydrogens is 306 g/mol. The van der Waals surface area contributed by atoms with Crippen molar-refractivity contribution in [2.45, 2.75) is 19.4 Å². The van der Waals surface area contributed by atoms with Crippen molar-refractivity contribution in [3.05, 3.63) is 60.6 Å². The summed E-state index contributed by atoms with van der Waals surface area (Å²) in [7, 11) is 0. The standard InChI is InChI=1S/C18H19N3O3/c22-16-8-4-10-21-13-14(20-18(16)21)12-19-17(23)9-5-11-24-15-6-2-1-3-7-15/h1-4,6-8,10,13,22H,5,9,11-12H2,(H,19,23). The Morgan fingerprint density at radius 2 is 2.04 bits per heavy atom. The molecule has 2 N–H and O–H groups in total. The van der Waals surface area contributed by atoms with Crippen LogP contribution in [-0.2, 0) is 11.3 Å². The molecule has 3 rings (SSSR count). The number of fused-ring (bicyclic) bond motifs is 1. The largest absolute Gasteiger partial charge is 0.504 e. The van der Waals surface area contributed by atoms with Gasteiger partial charge in [-0.25, -0.2) is 4.98 Å². The number of aromatic nitrogens is 2. The van der Waals surface area contributed by atoms with E-state index in [1.165, 1.54) is 0 Å². The molecule has 1 amide bonds. The normalized spacial score (nSPS) is 10.7. The molecule has 6 nitrogen and oxygen atoms in total. The molecule has 2 aromatic heterocycles. The number of hydrogen-bond donors (Lipinski definition) is 2. The summed E-state index contributed by atoms with van der Waals surface area (Å²) in [4.78, 5) is 16.2. The highest BCUT2D eigenvalue weighted by Gasteiger charge is 2.07. The Morgan fingerprint density at radius 1 is 1.21 bits per heavy atom. The molecule has 0 fully saturated rings. The van der Waals surface area contributed by atoms with E-state index in [0.29, 0.717) is 37.3 Å². The number of ether oxygens (including phenoxy) is 1. The van der Waals surface area contributed by atoms with E-state index in [0.717, 1.165) is 5.75 Å². The van der Waals surface area contributed by atoms with Gasteiger partial charge in [0.25, 0.3) is 0 Å². The fraction of sp³-hybridized carbons (Fsp3) is 0.222. The zero-order chi connectivity index (χ0) is 16.8. The lowest BCUT2D eigenvalue weighted by molar-refractivity contribution is -0.121. The third kappa shape index (κ3) is 4.04. The second-order valence-electron chi connectivity index (χ2n) is 5.40. The molecule has 0 radical (unpaired) electrons. The lowest BCUT2D eigenvalue weighted by Crippen LogP contribution is -2.23. The lowest BCUT2D eigenvalue weighted by Gasteiger charge is -2.06. The maximum Gasteiger partial charge on any atom is 0.220 e. The Kier molecular flexibility index (Phi) is 4.96. The van der Waals surface area contributed by atoms with E-state index in [2.05, 4.69) is 10.3 Å². The summed E-state index contributed by atoms with van der Waals surface area (Å²) in [5.41, 5.74) is 1.18. The highest BCUT2D eigenvalue weighted by atomic mass is 16.5. The molecule has 124 valence electrons. The van der Waals surface area contributed by atoms with Gasteiger partial charge in [-0.2, -0.15) is 0 Å². The van der Waals surface area contributed by atoms with Gasteiger partial charge in [-0.1, -0.05) is 18.2 Å². The number of hydrogen-bond acceptors (Lipinski definition) is 4. The molecule has 0 spiro atoms. The van der Waals surface area contributed by atoms with Gasteiger partial charge in [-0.3, -0.25) is 4.79 Å². The third-order valence-electron chi connectivity index (χ3n) is 3.54. The molecule has 0 bridgehead atoms. The first kappa shape index (κ1) is 15.9. The maximum atomic E-state index is 11.9. The van der Waals surface area contributed by atoms with Gasteiger partial charge in [-0.15, -0.1) is 0 Å². The predicted molar refractivity (Wildman–Crippen MR) is 89.9 cm³/mol. The third-order valence-corrected chi connectivity index (χ3v) is 3.54. The number of imidazole rings is 1. The van der Waals surface area contributed by atoms with E-state index < -0.39 is 0 Å². The first-order valence-corrected chi connectivity index (χ1v) is 7.82. The first-order chi connectivity index (χ1) is 11.7. The van der Waals surface area contributed by atoms with Crippen molar-refractivity contribution >= 4 is 11.6 Å². The number of rotatable bonds is 7. The van der Waals surface area contributed by atoms with E-state index >= 15 is 0 Å². The van der Waals surface area contributed by atoms with Crippen LogP contribution in [0.2, 0.25) is 0 Å². The van der Waals surface area contributed by atoms with Crippen LogP contribution in [0.4, 0.5) is 0 Å². The van der Waals surface area contributed by atoms with Crippen LogP contribution in [0.3, 0.4) is 0 Å². The van der Waals surface area contributed by atoms with Crippen molar-refractivity contribution in [3.8, 4) is 11.5 Å². The van der Waals surface area contributed by atoms with Gasteiger partial charge in [0.1, 0.15) is 5.75 Å². The summed E-state index contributed by atoms with van der Waals surface area (Å²) >= 11 is 0. The fourth-order valence-electron chi connectivity index (χ4n) is 2.35. The van der Waals surface area contributed by atoms with Gasteiger partial charge >= 0.3 is 0 Å². The summed E-state index contributed by atoms with van der Waals surface area (Å²) in [5.74, 6) is 0.878. The second kappa shape index (κ2) is 7.50. The second-order valence-corrected chi connectivity index (χ2v) is 5.40. The average molecular weight is 325 g/mol. The van der Waals surface area contributed by atoms with E-state index in [9.17, 15) is 9.90 Å². The van der Waals surface area contributed by atoms with E-state index in [-0.39, 0.29) is 11.7 Å². The topological polar surface area (TPSA) is 75.9 Å². The Balaban J connectivity index is 1.41. The Hall–Kier alpha value is -3.02. The van der Waals surface area contributed by atoms with Gasteiger partial charge in [-0.05, 0) is 30.7 Å². The Bertz CT molecular complexity index is 815. The first-order valence-electron chi connectivity index (χ1n) is 7.82. The van der Waals surface area contributed by atoms with Crippen LogP contribution in [0.25, 0.3) is 5.65 Å².